The molecule has 0 aliphatic carbocycles. The first kappa shape index (κ1) is 15.8. The molecule has 0 fully saturated rings. The second-order valence-corrected chi connectivity index (χ2v) is 5.38. The summed E-state index contributed by atoms with van der Waals surface area (Å²) in [6.07, 6.45) is 0.918. The molecule has 2 amide bonds. The number of benzene rings is 1. The van der Waals surface area contributed by atoms with Gasteiger partial charge in [0.05, 0.1) is 10.7 Å². The topological polar surface area (TPSA) is 44.4 Å². The number of urea groups is 1. The molecular weight excluding hydrogens is 262 g/mol. The van der Waals surface area contributed by atoms with Crippen LogP contribution in [0.1, 0.15) is 17.5 Å². The molecule has 2 N–H and O–H groups in total. The van der Waals surface area contributed by atoms with Crippen LogP contribution in [0.5, 0.6) is 0 Å². The van der Waals surface area contributed by atoms with Crippen LogP contribution >= 0.6 is 11.6 Å². The first-order valence-corrected chi connectivity index (χ1v) is 6.74. The van der Waals surface area contributed by atoms with Gasteiger partial charge in [-0.2, -0.15) is 0 Å². The van der Waals surface area contributed by atoms with Crippen molar-refractivity contribution >= 4 is 23.3 Å². The molecule has 0 unspecified atom stereocenters. The Morgan fingerprint density at radius 1 is 1.32 bits per heavy atom. The van der Waals surface area contributed by atoms with Gasteiger partial charge in [-0.15, -0.1) is 0 Å². The second kappa shape index (κ2) is 7.36. The van der Waals surface area contributed by atoms with Crippen molar-refractivity contribution in [3.05, 3.63) is 28.3 Å². The third-order valence-electron chi connectivity index (χ3n) is 2.74. The Labute approximate surface area is 120 Å². The average Bonchev–Trinajstić information content (AvgIpc) is 2.29. The summed E-state index contributed by atoms with van der Waals surface area (Å²) >= 11 is 6.13. The maximum Gasteiger partial charge on any atom is 0.319 e. The lowest BCUT2D eigenvalue weighted by Crippen LogP contribution is -2.31. The van der Waals surface area contributed by atoms with E-state index >= 15 is 0 Å². The van der Waals surface area contributed by atoms with Crippen molar-refractivity contribution in [3.8, 4) is 0 Å². The summed E-state index contributed by atoms with van der Waals surface area (Å²) in [6, 6.07) is 3.62. The highest BCUT2D eigenvalue weighted by Gasteiger charge is 2.08. The molecule has 4 nitrogen and oxygen atoms in total. The molecule has 0 spiro atoms. The molecule has 106 valence electrons. The molecule has 0 bridgehead atoms. The summed E-state index contributed by atoms with van der Waals surface area (Å²) in [5, 5.41) is 6.19. The van der Waals surface area contributed by atoms with Gasteiger partial charge < -0.3 is 15.5 Å². The molecule has 1 rings (SSSR count). The average molecular weight is 284 g/mol. The minimum Gasteiger partial charge on any atom is -0.338 e. The van der Waals surface area contributed by atoms with Crippen LogP contribution in [0.2, 0.25) is 5.02 Å². The predicted octanol–water partition coefficient (Wildman–Crippen LogP) is 3.03. The third-order valence-corrected chi connectivity index (χ3v) is 3.04. The fourth-order valence-corrected chi connectivity index (χ4v) is 2.20. The van der Waals surface area contributed by atoms with E-state index in [2.05, 4.69) is 15.5 Å². The Balaban J connectivity index is 2.49. The zero-order valence-electron chi connectivity index (χ0n) is 12.0. The molecule has 19 heavy (non-hydrogen) atoms. The van der Waals surface area contributed by atoms with Crippen molar-refractivity contribution < 1.29 is 4.79 Å². The van der Waals surface area contributed by atoms with Gasteiger partial charge in [0.15, 0.2) is 0 Å². The Morgan fingerprint density at radius 3 is 2.58 bits per heavy atom. The monoisotopic (exact) mass is 283 g/mol. The van der Waals surface area contributed by atoms with Gasteiger partial charge in [-0.3, -0.25) is 0 Å². The van der Waals surface area contributed by atoms with E-state index in [1.165, 1.54) is 0 Å². The molecule has 0 aromatic heterocycles. The lowest BCUT2D eigenvalue weighted by atomic mass is 10.1. The van der Waals surface area contributed by atoms with E-state index in [0.29, 0.717) is 17.3 Å². The number of nitrogens with one attached hydrogen (secondary N) is 2. The number of carbonyl (C=O) groups excluding carboxylic acids is 1. The number of carbonyl (C=O) groups is 1. The standard InChI is InChI=1S/C14H22ClN3O/c1-10-8-11(2)13(12(15)9-10)17-14(19)16-6-5-7-18(3)4/h8-9H,5-7H2,1-4H3,(H2,16,17,19). The molecule has 0 aliphatic heterocycles. The Bertz CT molecular complexity index is 423. The van der Waals surface area contributed by atoms with Crippen LogP contribution in [0.15, 0.2) is 12.1 Å². The van der Waals surface area contributed by atoms with Gasteiger partial charge in [-0.1, -0.05) is 17.7 Å². The number of aryl methyl sites for hydroxylation is 2. The predicted molar refractivity (Wildman–Crippen MR) is 81.1 cm³/mol. The van der Waals surface area contributed by atoms with Gasteiger partial charge >= 0.3 is 6.03 Å². The molecule has 1 aromatic rings. The number of hydrogen-bond acceptors (Lipinski definition) is 2. The maximum absolute atomic E-state index is 11.8. The van der Waals surface area contributed by atoms with Gasteiger partial charge in [0.2, 0.25) is 0 Å². The number of hydrogen-bond donors (Lipinski definition) is 2. The SMILES string of the molecule is Cc1cc(C)c(NC(=O)NCCCN(C)C)c(Cl)c1. The number of amides is 2. The van der Waals surface area contributed by atoms with E-state index in [1.54, 1.807) is 0 Å². The summed E-state index contributed by atoms with van der Waals surface area (Å²) in [5.41, 5.74) is 2.73. The van der Waals surface area contributed by atoms with Crippen LogP contribution in [-0.4, -0.2) is 38.1 Å². The van der Waals surface area contributed by atoms with Crippen molar-refractivity contribution in [1.29, 1.82) is 0 Å². The van der Waals surface area contributed by atoms with E-state index in [0.717, 1.165) is 24.1 Å². The molecule has 0 atom stereocenters. The van der Waals surface area contributed by atoms with Crippen LogP contribution in [0.4, 0.5) is 10.5 Å². The Hall–Kier alpha value is -1.26. The quantitative estimate of drug-likeness (QED) is 0.816. The van der Waals surface area contributed by atoms with Gasteiger partial charge in [0, 0.05) is 6.54 Å². The summed E-state index contributed by atoms with van der Waals surface area (Å²) in [4.78, 5) is 13.8. The Morgan fingerprint density at radius 2 is 2.00 bits per heavy atom. The highest BCUT2D eigenvalue weighted by atomic mass is 35.5. The molecule has 0 radical (unpaired) electrons. The molecule has 1 aromatic carbocycles. The van der Waals surface area contributed by atoms with Crippen LogP contribution in [-0.2, 0) is 0 Å². The minimum absolute atomic E-state index is 0.215. The van der Waals surface area contributed by atoms with E-state index < -0.39 is 0 Å². The smallest absolute Gasteiger partial charge is 0.319 e. The van der Waals surface area contributed by atoms with Crippen molar-refractivity contribution in [2.24, 2.45) is 0 Å². The van der Waals surface area contributed by atoms with Crippen molar-refractivity contribution in [2.45, 2.75) is 20.3 Å². The zero-order valence-corrected chi connectivity index (χ0v) is 12.8. The summed E-state index contributed by atoms with van der Waals surface area (Å²) in [5.74, 6) is 0. The van der Waals surface area contributed by atoms with Gasteiger partial charge in [0.1, 0.15) is 0 Å². The van der Waals surface area contributed by atoms with E-state index in [-0.39, 0.29) is 6.03 Å². The highest BCUT2D eigenvalue weighted by molar-refractivity contribution is 6.34. The largest absolute Gasteiger partial charge is 0.338 e. The lowest BCUT2D eigenvalue weighted by Gasteiger charge is -2.13. The fourth-order valence-electron chi connectivity index (χ4n) is 1.83. The molecule has 0 saturated carbocycles. The fraction of sp³-hybridized carbons (Fsp3) is 0.500. The number of halogens is 1. The van der Waals surface area contributed by atoms with Gasteiger partial charge in [-0.25, -0.2) is 4.79 Å². The zero-order chi connectivity index (χ0) is 14.4. The third kappa shape index (κ3) is 5.49. The first-order chi connectivity index (χ1) is 8.90. The molecule has 5 heteroatoms. The van der Waals surface area contributed by atoms with E-state index in [9.17, 15) is 4.79 Å². The molecule has 0 saturated heterocycles. The normalized spacial score (nSPS) is 10.6. The molecule has 0 heterocycles. The van der Waals surface area contributed by atoms with Crippen molar-refractivity contribution in [3.63, 3.8) is 0 Å². The van der Waals surface area contributed by atoms with Crippen LogP contribution in [0.25, 0.3) is 0 Å². The second-order valence-electron chi connectivity index (χ2n) is 4.98. The van der Waals surface area contributed by atoms with Crippen LogP contribution in [0.3, 0.4) is 0 Å². The number of nitrogens with zero attached hydrogens (tertiary/aromatic N) is 1. The van der Waals surface area contributed by atoms with Crippen molar-refractivity contribution in [2.75, 3.05) is 32.5 Å². The lowest BCUT2D eigenvalue weighted by molar-refractivity contribution is 0.251. The highest BCUT2D eigenvalue weighted by Crippen LogP contribution is 2.27. The number of rotatable bonds is 5. The first-order valence-electron chi connectivity index (χ1n) is 6.36. The summed E-state index contributed by atoms with van der Waals surface area (Å²) in [6.45, 7) is 5.50. The number of anilines is 1. The van der Waals surface area contributed by atoms with E-state index in [1.807, 2.05) is 40.1 Å². The maximum atomic E-state index is 11.8. The van der Waals surface area contributed by atoms with Gasteiger partial charge in [-0.05, 0) is 58.1 Å². The van der Waals surface area contributed by atoms with Crippen LogP contribution < -0.4 is 10.6 Å². The summed E-state index contributed by atoms with van der Waals surface area (Å²) < 4.78 is 0. The molecule has 0 aliphatic rings. The van der Waals surface area contributed by atoms with E-state index in [4.69, 9.17) is 11.6 Å². The van der Waals surface area contributed by atoms with Crippen molar-refractivity contribution in [1.82, 2.24) is 10.2 Å². The summed E-state index contributed by atoms with van der Waals surface area (Å²) in [7, 11) is 4.02. The minimum atomic E-state index is -0.215. The van der Waals surface area contributed by atoms with Crippen LogP contribution in [0, 0.1) is 13.8 Å². The molecular formula is C14H22ClN3O. The van der Waals surface area contributed by atoms with Gasteiger partial charge in [0.25, 0.3) is 0 Å². The Kier molecular flexibility index (Phi) is 6.12.